The van der Waals surface area contributed by atoms with E-state index in [1.54, 1.807) is 17.5 Å². The molecule has 1 N–H and O–H groups in total. The minimum Gasteiger partial charge on any atom is -0.437 e. The zero-order valence-corrected chi connectivity index (χ0v) is 21.7. The van der Waals surface area contributed by atoms with Crippen molar-refractivity contribution in [3.63, 3.8) is 0 Å². The van der Waals surface area contributed by atoms with Crippen LogP contribution in [0.4, 0.5) is 15.8 Å². The van der Waals surface area contributed by atoms with E-state index in [2.05, 4.69) is 55.9 Å². The highest BCUT2D eigenvalue weighted by atomic mass is 32.1. The van der Waals surface area contributed by atoms with Gasteiger partial charge in [0.2, 0.25) is 5.88 Å². The summed E-state index contributed by atoms with van der Waals surface area (Å²) in [7, 11) is 0. The first-order valence-corrected chi connectivity index (χ1v) is 12.9. The summed E-state index contributed by atoms with van der Waals surface area (Å²) in [4.78, 5) is 11.9. The van der Waals surface area contributed by atoms with E-state index in [0.29, 0.717) is 11.8 Å². The van der Waals surface area contributed by atoms with Crippen LogP contribution in [0.3, 0.4) is 0 Å². The predicted molar refractivity (Wildman–Crippen MR) is 141 cm³/mol. The van der Waals surface area contributed by atoms with Crippen molar-refractivity contribution in [3.8, 4) is 11.6 Å². The van der Waals surface area contributed by atoms with Crippen LogP contribution in [-0.2, 0) is 16.6 Å². The molecule has 1 aliphatic rings. The van der Waals surface area contributed by atoms with Gasteiger partial charge in [-0.1, -0.05) is 64.2 Å². The van der Waals surface area contributed by atoms with Gasteiger partial charge in [0.05, 0.1) is 18.9 Å². The molecule has 7 heteroatoms. The van der Waals surface area contributed by atoms with Crippen LogP contribution < -0.4 is 15.0 Å². The summed E-state index contributed by atoms with van der Waals surface area (Å²) >= 11 is 1.70. The molecule has 0 spiro atoms. The third-order valence-corrected chi connectivity index (χ3v) is 6.92. The Hall–Kier alpha value is -2.64. The molecule has 0 amide bonds. The topological polar surface area (TPSA) is 59.5 Å². The second-order valence-electron chi connectivity index (χ2n) is 10.1. The quantitative estimate of drug-likeness (QED) is 0.383. The van der Waals surface area contributed by atoms with Crippen LogP contribution in [0.1, 0.15) is 52.3 Å². The zero-order valence-electron chi connectivity index (χ0n) is 20.9. The number of rotatable bonds is 8. The molecule has 3 heterocycles. The van der Waals surface area contributed by atoms with Gasteiger partial charge < -0.3 is 19.7 Å². The summed E-state index contributed by atoms with van der Waals surface area (Å²) in [5.41, 5.74) is 3.08. The van der Waals surface area contributed by atoms with Gasteiger partial charge in [-0.2, -0.15) is 0 Å². The molecule has 0 saturated carbocycles. The van der Waals surface area contributed by atoms with Crippen LogP contribution in [0.2, 0.25) is 0 Å². The maximum Gasteiger partial charge on any atom is 0.243 e. The third kappa shape index (κ3) is 6.07. The van der Waals surface area contributed by atoms with Gasteiger partial charge in [-0.05, 0) is 42.4 Å². The number of para-hydroxylation sites is 1. The number of hydrogen-bond acceptors (Lipinski definition) is 7. The average molecular weight is 481 g/mol. The molecule has 6 nitrogen and oxygen atoms in total. The molecule has 0 aliphatic carbocycles. The van der Waals surface area contributed by atoms with Gasteiger partial charge in [0.1, 0.15) is 16.4 Å². The van der Waals surface area contributed by atoms with Crippen LogP contribution in [0.5, 0.6) is 11.6 Å². The highest BCUT2D eigenvalue weighted by molar-refractivity contribution is 7.19. The van der Waals surface area contributed by atoms with E-state index in [0.717, 1.165) is 67.0 Å². The molecule has 4 rings (SSSR count). The normalized spacial score (nSPS) is 14.5. The standard InChI is InChI=1S/C27H36N4O2S/c1-19(2)12-13-22-25(31-15-17-32-18-16-31)34-26(30-22)29-21-10-8-14-28-24(21)33-23-11-7-6-9-20(23)27(3,4)5/h6-11,14,19H,12-13,15-18H2,1-5H3,(H,29,30). The van der Waals surface area contributed by atoms with Crippen molar-refractivity contribution >= 4 is 27.2 Å². The molecule has 182 valence electrons. The van der Waals surface area contributed by atoms with Crippen molar-refractivity contribution < 1.29 is 9.47 Å². The van der Waals surface area contributed by atoms with E-state index in [1.165, 1.54) is 5.00 Å². The Balaban J connectivity index is 1.60. The molecule has 1 saturated heterocycles. The van der Waals surface area contributed by atoms with E-state index in [-0.39, 0.29) is 5.41 Å². The second-order valence-corrected chi connectivity index (χ2v) is 11.1. The largest absolute Gasteiger partial charge is 0.437 e. The van der Waals surface area contributed by atoms with Crippen LogP contribution >= 0.6 is 11.3 Å². The molecule has 0 unspecified atom stereocenters. The highest BCUT2D eigenvalue weighted by Gasteiger charge is 2.22. The maximum absolute atomic E-state index is 6.35. The van der Waals surface area contributed by atoms with Crippen LogP contribution in [0.15, 0.2) is 42.6 Å². The van der Waals surface area contributed by atoms with Crippen LogP contribution in [0, 0.1) is 5.92 Å². The van der Waals surface area contributed by atoms with Crippen molar-refractivity contribution in [2.45, 2.75) is 52.9 Å². The molecule has 3 aromatic rings. The lowest BCUT2D eigenvalue weighted by molar-refractivity contribution is 0.123. The first-order valence-electron chi connectivity index (χ1n) is 12.1. The van der Waals surface area contributed by atoms with Gasteiger partial charge in [-0.3, -0.25) is 0 Å². The first-order chi connectivity index (χ1) is 16.3. The number of pyridine rings is 1. The summed E-state index contributed by atoms with van der Waals surface area (Å²) in [6.45, 7) is 14.4. The van der Waals surface area contributed by atoms with Crippen molar-refractivity contribution in [2.75, 3.05) is 36.5 Å². The fourth-order valence-corrected chi connectivity index (χ4v) is 5.04. The Kier molecular flexibility index (Phi) is 7.73. The fraction of sp³-hybridized carbons (Fsp3) is 0.481. The van der Waals surface area contributed by atoms with Crippen LogP contribution in [-0.4, -0.2) is 36.3 Å². The molecule has 34 heavy (non-hydrogen) atoms. The Morgan fingerprint density at radius 1 is 1.12 bits per heavy atom. The van der Waals surface area contributed by atoms with Gasteiger partial charge in [-0.25, -0.2) is 9.97 Å². The number of nitrogens with zero attached hydrogens (tertiary/aromatic N) is 3. The van der Waals surface area contributed by atoms with Crippen molar-refractivity contribution in [1.29, 1.82) is 0 Å². The molecule has 1 aliphatic heterocycles. The lowest BCUT2D eigenvalue weighted by Crippen LogP contribution is -2.36. The van der Waals surface area contributed by atoms with Crippen molar-refractivity contribution in [2.24, 2.45) is 5.92 Å². The number of aromatic nitrogens is 2. The highest BCUT2D eigenvalue weighted by Crippen LogP contribution is 2.39. The summed E-state index contributed by atoms with van der Waals surface area (Å²) in [6.07, 6.45) is 3.85. The summed E-state index contributed by atoms with van der Waals surface area (Å²) in [6, 6.07) is 12.1. The minimum atomic E-state index is -0.0351. The van der Waals surface area contributed by atoms with E-state index < -0.39 is 0 Å². The summed E-state index contributed by atoms with van der Waals surface area (Å²) in [5.74, 6) is 2.01. The van der Waals surface area contributed by atoms with Gasteiger partial charge in [-0.15, -0.1) is 0 Å². The van der Waals surface area contributed by atoms with E-state index in [1.807, 2.05) is 30.3 Å². The van der Waals surface area contributed by atoms with Gasteiger partial charge in [0.25, 0.3) is 0 Å². The number of ether oxygens (including phenoxy) is 2. The van der Waals surface area contributed by atoms with Gasteiger partial charge in [0, 0.05) is 24.8 Å². The number of benzene rings is 1. The molecule has 0 radical (unpaired) electrons. The predicted octanol–water partition coefficient (Wildman–Crippen LogP) is 6.80. The Morgan fingerprint density at radius 2 is 1.88 bits per heavy atom. The number of aryl methyl sites for hydroxylation is 1. The summed E-state index contributed by atoms with van der Waals surface area (Å²) < 4.78 is 11.9. The average Bonchev–Trinajstić information content (AvgIpc) is 3.22. The molecule has 0 bridgehead atoms. The number of morpholine rings is 1. The van der Waals surface area contributed by atoms with E-state index in [4.69, 9.17) is 14.5 Å². The monoisotopic (exact) mass is 480 g/mol. The maximum atomic E-state index is 6.35. The van der Waals surface area contributed by atoms with Crippen LogP contribution in [0.25, 0.3) is 0 Å². The Bertz CT molecular complexity index is 1080. The smallest absolute Gasteiger partial charge is 0.243 e. The number of nitrogens with one attached hydrogen (secondary N) is 1. The molecular formula is C27H36N4O2S. The van der Waals surface area contributed by atoms with E-state index >= 15 is 0 Å². The van der Waals surface area contributed by atoms with Crippen molar-refractivity contribution in [3.05, 3.63) is 53.9 Å². The molecule has 1 aromatic carbocycles. The fourth-order valence-electron chi connectivity index (χ4n) is 3.96. The number of thiazole rings is 1. The molecule has 1 fully saturated rings. The summed E-state index contributed by atoms with van der Waals surface area (Å²) in [5, 5.41) is 5.61. The lowest BCUT2D eigenvalue weighted by atomic mass is 9.86. The lowest BCUT2D eigenvalue weighted by Gasteiger charge is -2.28. The molecule has 2 aromatic heterocycles. The number of anilines is 3. The molecular weight excluding hydrogens is 444 g/mol. The Morgan fingerprint density at radius 3 is 2.62 bits per heavy atom. The van der Waals surface area contributed by atoms with Gasteiger partial charge in [0.15, 0.2) is 5.13 Å². The zero-order chi connectivity index (χ0) is 24.1. The first kappa shape index (κ1) is 24.5. The van der Waals surface area contributed by atoms with E-state index in [9.17, 15) is 0 Å². The van der Waals surface area contributed by atoms with Gasteiger partial charge >= 0.3 is 0 Å². The third-order valence-electron chi connectivity index (χ3n) is 5.85. The Labute approximate surface area is 207 Å². The minimum absolute atomic E-state index is 0.0351. The van der Waals surface area contributed by atoms with Crippen molar-refractivity contribution in [1.82, 2.24) is 9.97 Å². The molecule has 0 atom stereocenters. The SMILES string of the molecule is CC(C)CCc1nc(Nc2cccnc2Oc2ccccc2C(C)(C)C)sc1N1CCOCC1. The number of hydrogen-bond donors (Lipinski definition) is 1. The second kappa shape index (κ2) is 10.7.